The zero-order chi connectivity index (χ0) is 8.15. The Morgan fingerprint density at radius 3 is 2.30 bits per heavy atom. The Labute approximate surface area is 58.2 Å². The smallest absolute Gasteiger partial charge is 0.315 e. The maximum absolute atomic E-state index is 11.3. The summed E-state index contributed by atoms with van der Waals surface area (Å²) in [7, 11) is 0. The van der Waals surface area contributed by atoms with Crippen molar-refractivity contribution < 1.29 is 18.3 Å². The van der Waals surface area contributed by atoms with E-state index in [-0.39, 0.29) is 11.7 Å². The molecule has 0 heterocycles. The number of rotatable bonds is 4. The lowest BCUT2D eigenvalue weighted by molar-refractivity contribution is -0.152. The Hall–Kier alpha value is -0.510. The molecule has 0 aliphatic rings. The summed E-state index contributed by atoms with van der Waals surface area (Å²) >= 11 is 0. The molecule has 10 heavy (non-hydrogen) atoms. The van der Waals surface area contributed by atoms with Crippen molar-refractivity contribution >= 4 is 5.78 Å². The van der Waals surface area contributed by atoms with Gasteiger partial charge in [-0.2, -0.15) is 8.78 Å². The third-order valence-corrected chi connectivity index (χ3v) is 0.996. The number of hydrogen-bond donors (Lipinski definition) is 0. The maximum Gasteiger partial charge on any atom is 0.345 e. The first-order valence-corrected chi connectivity index (χ1v) is 2.96. The fourth-order valence-corrected chi connectivity index (χ4v) is 0.312. The maximum atomic E-state index is 11.3. The zero-order valence-corrected chi connectivity index (χ0v) is 5.93. The van der Waals surface area contributed by atoms with Crippen LogP contribution in [0.2, 0.25) is 0 Å². The van der Waals surface area contributed by atoms with E-state index in [1.807, 2.05) is 0 Å². The molecular formula is C6H10F2O2. The van der Waals surface area contributed by atoms with E-state index in [1.165, 1.54) is 0 Å². The number of alkyl halides is 2. The Kier molecular flexibility index (Phi) is 4.11. The summed E-state index contributed by atoms with van der Waals surface area (Å²) in [6.45, 7) is -0.0633. The lowest BCUT2D eigenvalue weighted by Crippen LogP contribution is -2.16. The number of carbonyl (C=O) groups is 1. The topological polar surface area (TPSA) is 26.3 Å². The van der Waals surface area contributed by atoms with E-state index in [9.17, 15) is 13.6 Å². The molecule has 0 radical (unpaired) electrons. The summed E-state index contributed by atoms with van der Waals surface area (Å²) in [6, 6.07) is 0. The molecule has 0 aromatic rings. The minimum absolute atomic E-state index is 0.237. The molecule has 0 aliphatic carbocycles. The van der Waals surface area contributed by atoms with Gasteiger partial charge in [-0.25, -0.2) is 0 Å². The molecule has 0 unspecified atom stereocenters. The fourth-order valence-electron chi connectivity index (χ4n) is 0.312. The van der Waals surface area contributed by atoms with Gasteiger partial charge in [-0.15, -0.1) is 0 Å². The van der Waals surface area contributed by atoms with E-state index in [0.717, 1.165) is 0 Å². The summed E-state index contributed by atoms with van der Waals surface area (Å²) in [5, 5.41) is 0. The van der Waals surface area contributed by atoms with Crippen LogP contribution in [0.25, 0.3) is 0 Å². The first-order valence-electron chi connectivity index (χ1n) is 2.96. The van der Waals surface area contributed by atoms with E-state index in [2.05, 4.69) is 4.74 Å². The molecule has 0 amide bonds. The molecule has 0 aliphatic heterocycles. The average Bonchev–Trinajstić information content (AvgIpc) is 1.82. The SMILES string of the molecule is CC(C)C(=O)COC(F)F. The van der Waals surface area contributed by atoms with Gasteiger partial charge in [0, 0.05) is 5.92 Å². The second-order valence-electron chi connectivity index (χ2n) is 2.19. The molecule has 4 heteroatoms. The van der Waals surface area contributed by atoms with Crippen LogP contribution < -0.4 is 0 Å². The lowest BCUT2D eigenvalue weighted by atomic mass is 10.1. The largest absolute Gasteiger partial charge is 0.345 e. The van der Waals surface area contributed by atoms with E-state index >= 15 is 0 Å². The van der Waals surface area contributed by atoms with Crippen molar-refractivity contribution in [1.82, 2.24) is 0 Å². The summed E-state index contributed by atoms with van der Waals surface area (Å²) in [5.41, 5.74) is 0. The molecule has 60 valence electrons. The van der Waals surface area contributed by atoms with Crippen molar-refractivity contribution in [2.75, 3.05) is 6.61 Å². The molecule has 0 fully saturated rings. The molecule has 0 aromatic carbocycles. The van der Waals surface area contributed by atoms with Crippen LogP contribution in [0, 0.1) is 5.92 Å². The van der Waals surface area contributed by atoms with Crippen LogP contribution in [0.3, 0.4) is 0 Å². The molecule has 0 N–H and O–H groups in total. The van der Waals surface area contributed by atoms with Crippen LogP contribution in [0.4, 0.5) is 8.78 Å². The minimum Gasteiger partial charge on any atom is -0.315 e. The van der Waals surface area contributed by atoms with Gasteiger partial charge in [0.2, 0.25) is 0 Å². The molecule has 2 nitrogen and oxygen atoms in total. The van der Waals surface area contributed by atoms with Crippen LogP contribution in [0.1, 0.15) is 13.8 Å². The summed E-state index contributed by atoms with van der Waals surface area (Å²) < 4.78 is 26.4. The van der Waals surface area contributed by atoms with E-state index < -0.39 is 13.2 Å². The van der Waals surface area contributed by atoms with E-state index in [4.69, 9.17) is 0 Å². The molecular weight excluding hydrogens is 142 g/mol. The third-order valence-electron chi connectivity index (χ3n) is 0.996. The van der Waals surface area contributed by atoms with Gasteiger partial charge in [0.05, 0.1) is 0 Å². The Bertz CT molecular complexity index is 112. The normalized spacial score (nSPS) is 11.0. The average molecular weight is 152 g/mol. The number of carbonyl (C=O) groups excluding carboxylic acids is 1. The van der Waals surface area contributed by atoms with Crippen molar-refractivity contribution in [1.29, 1.82) is 0 Å². The van der Waals surface area contributed by atoms with Crippen LogP contribution in [-0.2, 0) is 9.53 Å². The highest BCUT2D eigenvalue weighted by molar-refractivity contribution is 5.81. The van der Waals surface area contributed by atoms with Crippen molar-refractivity contribution in [3.05, 3.63) is 0 Å². The number of halogens is 2. The van der Waals surface area contributed by atoms with Gasteiger partial charge in [0.25, 0.3) is 0 Å². The summed E-state index contributed by atoms with van der Waals surface area (Å²) in [6.07, 6.45) is 0. The van der Waals surface area contributed by atoms with E-state index in [0.29, 0.717) is 0 Å². The first kappa shape index (κ1) is 9.49. The quantitative estimate of drug-likeness (QED) is 0.609. The Balaban J connectivity index is 3.40. The lowest BCUT2D eigenvalue weighted by Gasteiger charge is -2.03. The van der Waals surface area contributed by atoms with Gasteiger partial charge in [0.1, 0.15) is 6.61 Å². The molecule has 0 rings (SSSR count). The fraction of sp³-hybridized carbons (Fsp3) is 0.833. The van der Waals surface area contributed by atoms with Gasteiger partial charge in [-0.05, 0) is 0 Å². The molecule has 0 saturated heterocycles. The molecule has 0 spiro atoms. The standard InChI is InChI=1S/C6H10F2O2/c1-4(2)5(9)3-10-6(7)8/h4,6H,3H2,1-2H3. The number of hydrogen-bond acceptors (Lipinski definition) is 2. The van der Waals surface area contributed by atoms with Gasteiger partial charge in [-0.3, -0.25) is 4.79 Å². The van der Waals surface area contributed by atoms with Crippen LogP contribution >= 0.6 is 0 Å². The van der Waals surface area contributed by atoms with Crippen LogP contribution in [-0.4, -0.2) is 19.0 Å². The summed E-state index contributed by atoms with van der Waals surface area (Å²) in [5.74, 6) is -0.543. The van der Waals surface area contributed by atoms with Gasteiger partial charge < -0.3 is 4.74 Å². The zero-order valence-electron chi connectivity index (χ0n) is 5.93. The van der Waals surface area contributed by atoms with Crippen molar-refractivity contribution in [3.8, 4) is 0 Å². The number of ketones is 1. The summed E-state index contributed by atoms with van der Waals surface area (Å²) in [4.78, 5) is 10.6. The van der Waals surface area contributed by atoms with Crippen LogP contribution in [0.15, 0.2) is 0 Å². The first-order chi connectivity index (χ1) is 4.54. The third kappa shape index (κ3) is 4.38. The number of ether oxygens (including phenoxy) is 1. The van der Waals surface area contributed by atoms with Gasteiger partial charge >= 0.3 is 6.61 Å². The second kappa shape index (κ2) is 4.33. The predicted octanol–water partition coefficient (Wildman–Crippen LogP) is 1.45. The van der Waals surface area contributed by atoms with Gasteiger partial charge in [-0.1, -0.05) is 13.8 Å². The molecule has 0 aromatic heterocycles. The van der Waals surface area contributed by atoms with Gasteiger partial charge in [0.15, 0.2) is 5.78 Å². The number of Topliss-reactive ketones (excluding diaryl/α,β-unsaturated/α-hetero) is 1. The predicted molar refractivity (Wildman–Crippen MR) is 31.8 cm³/mol. The molecule has 0 bridgehead atoms. The van der Waals surface area contributed by atoms with Crippen molar-refractivity contribution in [2.45, 2.75) is 20.5 Å². The highest BCUT2D eigenvalue weighted by atomic mass is 19.3. The highest BCUT2D eigenvalue weighted by Crippen LogP contribution is 1.98. The van der Waals surface area contributed by atoms with Crippen molar-refractivity contribution in [3.63, 3.8) is 0 Å². The monoisotopic (exact) mass is 152 g/mol. The van der Waals surface area contributed by atoms with E-state index in [1.54, 1.807) is 13.8 Å². The Morgan fingerprint density at radius 2 is 2.00 bits per heavy atom. The minimum atomic E-state index is -2.84. The highest BCUT2D eigenvalue weighted by Gasteiger charge is 2.10. The second-order valence-corrected chi connectivity index (χ2v) is 2.19. The molecule has 0 atom stereocenters. The Morgan fingerprint density at radius 1 is 1.50 bits per heavy atom. The van der Waals surface area contributed by atoms with Crippen molar-refractivity contribution in [2.24, 2.45) is 5.92 Å². The van der Waals surface area contributed by atoms with Crippen LogP contribution in [0.5, 0.6) is 0 Å². The molecule has 0 saturated carbocycles.